The summed E-state index contributed by atoms with van der Waals surface area (Å²) in [5.41, 5.74) is 0.853. The monoisotopic (exact) mass is 349 g/mol. The molecule has 0 spiro atoms. The number of amides is 1. The lowest BCUT2D eigenvalue weighted by atomic mass is 10.3. The maximum Gasteiger partial charge on any atom is 0.270 e. The van der Waals surface area contributed by atoms with Gasteiger partial charge in [0.25, 0.3) is 5.69 Å². The van der Waals surface area contributed by atoms with E-state index in [1.165, 1.54) is 12.1 Å². The number of non-ortho nitro benzene ring substituents is 1. The SMILES string of the molecule is CNC(=O)CCNc1ccc([N+](=O)[O-])cc1I. The number of rotatable bonds is 5. The standard InChI is InChI=1S/C10H12IN3O3/c1-12-10(15)4-5-13-9-3-2-7(14(16)17)6-8(9)11/h2-3,6,13H,4-5H2,1H3,(H,12,15). The fourth-order valence-corrected chi connectivity index (χ4v) is 1.89. The van der Waals surface area contributed by atoms with Crippen LogP contribution in [0.15, 0.2) is 18.2 Å². The van der Waals surface area contributed by atoms with Crippen LogP contribution in [0, 0.1) is 13.7 Å². The van der Waals surface area contributed by atoms with Crippen LogP contribution < -0.4 is 10.6 Å². The largest absolute Gasteiger partial charge is 0.384 e. The number of anilines is 1. The number of carbonyl (C=O) groups excluding carboxylic acids is 1. The Bertz CT molecular complexity index is 437. The summed E-state index contributed by atoms with van der Waals surface area (Å²) in [5.74, 6) is -0.0468. The van der Waals surface area contributed by atoms with E-state index in [0.29, 0.717) is 13.0 Å². The molecular weight excluding hydrogens is 337 g/mol. The molecule has 1 amide bonds. The Labute approximate surface area is 112 Å². The molecule has 0 aliphatic carbocycles. The summed E-state index contributed by atoms with van der Waals surface area (Å²) in [7, 11) is 1.58. The van der Waals surface area contributed by atoms with Crippen LogP contribution in [0.5, 0.6) is 0 Å². The van der Waals surface area contributed by atoms with Crippen LogP contribution in [0.25, 0.3) is 0 Å². The molecule has 0 unspecified atom stereocenters. The highest BCUT2D eigenvalue weighted by atomic mass is 127. The van der Waals surface area contributed by atoms with Gasteiger partial charge in [0.2, 0.25) is 5.91 Å². The Morgan fingerprint density at radius 3 is 2.76 bits per heavy atom. The Hall–Kier alpha value is -1.38. The molecule has 6 nitrogen and oxygen atoms in total. The zero-order valence-electron chi connectivity index (χ0n) is 9.20. The zero-order chi connectivity index (χ0) is 12.8. The third-order valence-electron chi connectivity index (χ3n) is 2.11. The molecular formula is C10H12IN3O3. The smallest absolute Gasteiger partial charge is 0.270 e. The zero-order valence-corrected chi connectivity index (χ0v) is 11.4. The van der Waals surface area contributed by atoms with Gasteiger partial charge in [-0.3, -0.25) is 14.9 Å². The lowest BCUT2D eigenvalue weighted by molar-refractivity contribution is -0.384. The molecule has 0 heterocycles. The normalized spacial score (nSPS) is 9.76. The Morgan fingerprint density at radius 1 is 1.53 bits per heavy atom. The van der Waals surface area contributed by atoms with Crippen molar-refractivity contribution in [3.8, 4) is 0 Å². The van der Waals surface area contributed by atoms with Crippen LogP contribution in [-0.2, 0) is 4.79 Å². The van der Waals surface area contributed by atoms with E-state index in [4.69, 9.17) is 0 Å². The molecule has 0 aromatic heterocycles. The minimum atomic E-state index is -0.434. The molecule has 0 bridgehead atoms. The summed E-state index contributed by atoms with van der Waals surface area (Å²) >= 11 is 2.02. The average molecular weight is 349 g/mol. The summed E-state index contributed by atoms with van der Waals surface area (Å²) in [6.45, 7) is 0.494. The molecule has 1 aromatic rings. The molecule has 0 atom stereocenters. The third-order valence-corrected chi connectivity index (χ3v) is 3.00. The van der Waals surface area contributed by atoms with Crippen LogP contribution in [-0.4, -0.2) is 24.4 Å². The molecule has 0 saturated heterocycles. The average Bonchev–Trinajstić information content (AvgIpc) is 2.30. The number of benzene rings is 1. The fraction of sp³-hybridized carbons (Fsp3) is 0.300. The van der Waals surface area contributed by atoms with Crippen molar-refractivity contribution < 1.29 is 9.72 Å². The van der Waals surface area contributed by atoms with E-state index in [0.717, 1.165) is 9.26 Å². The van der Waals surface area contributed by atoms with Crippen molar-refractivity contribution in [2.75, 3.05) is 18.9 Å². The molecule has 92 valence electrons. The van der Waals surface area contributed by atoms with E-state index in [9.17, 15) is 14.9 Å². The van der Waals surface area contributed by atoms with Gasteiger partial charge in [-0.05, 0) is 28.7 Å². The van der Waals surface area contributed by atoms with Gasteiger partial charge in [0.1, 0.15) is 0 Å². The molecule has 0 fully saturated rings. The van der Waals surface area contributed by atoms with Gasteiger partial charge in [-0.15, -0.1) is 0 Å². The second-order valence-corrected chi connectivity index (χ2v) is 4.43. The molecule has 0 radical (unpaired) electrons. The number of hydrogen-bond acceptors (Lipinski definition) is 4. The van der Waals surface area contributed by atoms with E-state index in [2.05, 4.69) is 10.6 Å². The first-order chi connectivity index (χ1) is 8.04. The highest BCUT2D eigenvalue weighted by Crippen LogP contribution is 2.23. The molecule has 0 saturated carbocycles. The van der Waals surface area contributed by atoms with Gasteiger partial charge in [0.15, 0.2) is 0 Å². The van der Waals surface area contributed by atoms with Crippen molar-refractivity contribution >= 4 is 39.9 Å². The van der Waals surface area contributed by atoms with Crippen molar-refractivity contribution in [3.63, 3.8) is 0 Å². The summed E-state index contributed by atoms with van der Waals surface area (Å²) in [5, 5.41) is 16.1. The lowest BCUT2D eigenvalue weighted by Gasteiger charge is -2.07. The van der Waals surface area contributed by atoms with E-state index in [-0.39, 0.29) is 11.6 Å². The number of carbonyl (C=O) groups is 1. The third kappa shape index (κ3) is 4.17. The van der Waals surface area contributed by atoms with Crippen molar-refractivity contribution in [2.24, 2.45) is 0 Å². The first kappa shape index (κ1) is 13.7. The van der Waals surface area contributed by atoms with Crippen molar-refractivity contribution in [1.82, 2.24) is 5.32 Å². The maximum absolute atomic E-state index is 11.0. The molecule has 1 aromatic carbocycles. The minimum absolute atomic E-state index is 0.0468. The predicted molar refractivity (Wildman–Crippen MR) is 73.0 cm³/mol. The summed E-state index contributed by atoms with van der Waals surface area (Å²) in [4.78, 5) is 21.1. The maximum atomic E-state index is 11.0. The first-order valence-electron chi connectivity index (χ1n) is 4.93. The van der Waals surface area contributed by atoms with E-state index < -0.39 is 4.92 Å². The number of nitrogens with one attached hydrogen (secondary N) is 2. The van der Waals surface area contributed by atoms with Crippen LogP contribution in [0.1, 0.15) is 6.42 Å². The molecule has 0 aliphatic heterocycles. The van der Waals surface area contributed by atoms with Crippen LogP contribution in [0.3, 0.4) is 0 Å². The fourth-order valence-electron chi connectivity index (χ4n) is 1.20. The summed E-state index contributed by atoms with van der Waals surface area (Å²) < 4.78 is 0.758. The lowest BCUT2D eigenvalue weighted by Crippen LogP contribution is -2.20. The van der Waals surface area contributed by atoms with Crippen LogP contribution in [0.4, 0.5) is 11.4 Å². The quantitative estimate of drug-likeness (QED) is 0.482. The van der Waals surface area contributed by atoms with Gasteiger partial charge in [-0.1, -0.05) is 0 Å². The minimum Gasteiger partial charge on any atom is -0.384 e. The summed E-state index contributed by atoms with van der Waals surface area (Å²) in [6.07, 6.45) is 0.365. The highest BCUT2D eigenvalue weighted by molar-refractivity contribution is 14.1. The van der Waals surface area contributed by atoms with E-state index in [1.807, 2.05) is 22.6 Å². The molecule has 0 aliphatic rings. The van der Waals surface area contributed by atoms with E-state index in [1.54, 1.807) is 13.1 Å². The van der Waals surface area contributed by atoms with Crippen molar-refractivity contribution in [3.05, 3.63) is 31.9 Å². The van der Waals surface area contributed by atoms with Gasteiger partial charge >= 0.3 is 0 Å². The molecule has 2 N–H and O–H groups in total. The van der Waals surface area contributed by atoms with Gasteiger partial charge in [-0.2, -0.15) is 0 Å². The van der Waals surface area contributed by atoms with Crippen LogP contribution >= 0.6 is 22.6 Å². The second kappa shape index (κ2) is 6.38. The van der Waals surface area contributed by atoms with Gasteiger partial charge in [0, 0.05) is 41.4 Å². The molecule has 7 heteroatoms. The number of hydrogen-bond donors (Lipinski definition) is 2. The summed E-state index contributed by atoms with van der Waals surface area (Å²) in [6, 6.07) is 4.57. The van der Waals surface area contributed by atoms with Crippen molar-refractivity contribution in [1.29, 1.82) is 0 Å². The van der Waals surface area contributed by atoms with Gasteiger partial charge < -0.3 is 10.6 Å². The Morgan fingerprint density at radius 2 is 2.24 bits per heavy atom. The molecule has 17 heavy (non-hydrogen) atoms. The van der Waals surface area contributed by atoms with Crippen molar-refractivity contribution in [2.45, 2.75) is 6.42 Å². The number of nitro groups is 1. The Balaban J connectivity index is 2.60. The Kier molecular flexibility index (Phi) is 5.13. The number of nitro benzene ring substituents is 1. The number of nitrogens with zero attached hydrogens (tertiary/aromatic N) is 1. The van der Waals surface area contributed by atoms with Gasteiger partial charge in [-0.25, -0.2) is 0 Å². The topological polar surface area (TPSA) is 84.3 Å². The highest BCUT2D eigenvalue weighted by Gasteiger charge is 2.08. The second-order valence-electron chi connectivity index (χ2n) is 3.27. The van der Waals surface area contributed by atoms with Crippen LogP contribution in [0.2, 0.25) is 0 Å². The first-order valence-corrected chi connectivity index (χ1v) is 6.01. The predicted octanol–water partition coefficient (Wildman–Crippen LogP) is 1.75. The molecule has 1 rings (SSSR count). The van der Waals surface area contributed by atoms with E-state index >= 15 is 0 Å². The number of halogens is 1. The van der Waals surface area contributed by atoms with Gasteiger partial charge in [0.05, 0.1) is 4.92 Å².